The van der Waals surface area contributed by atoms with E-state index in [1.807, 2.05) is 0 Å². The Morgan fingerprint density at radius 3 is 2.27 bits per heavy atom. The van der Waals surface area contributed by atoms with Crippen LogP contribution in [0.5, 0.6) is 0 Å². The van der Waals surface area contributed by atoms with Crippen LogP contribution in [-0.2, 0) is 6.18 Å². The van der Waals surface area contributed by atoms with E-state index in [0.717, 1.165) is 43.8 Å². The molecule has 2 fully saturated rings. The van der Waals surface area contributed by atoms with Crippen molar-refractivity contribution in [1.29, 1.82) is 0 Å². The Morgan fingerprint density at radius 1 is 1.03 bits per heavy atom. The van der Waals surface area contributed by atoms with Crippen LogP contribution in [0, 0.1) is 17.8 Å². The van der Waals surface area contributed by atoms with Gasteiger partial charge in [-0.1, -0.05) is 64.7 Å². The maximum atomic E-state index is 13.1. The highest BCUT2D eigenvalue weighted by Gasteiger charge is 2.37. The third-order valence-electron chi connectivity index (χ3n) is 7.73. The average molecular weight is 466 g/mol. The Balaban J connectivity index is 1.81. The highest BCUT2D eigenvalue weighted by atomic mass is 19.4. The zero-order valence-electron chi connectivity index (χ0n) is 20.4. The molecule has 1 aromatic rings. The summed E-state index contributed by atoms with van der Waals surface area (Å²) in [5, 5.41) is 9.78. The smallest absolute Gasteiger partial charge is 0.416 e. The van der Waals surface area contributed by atoms with E-state index in [-0.39, 0.29) is 11.7 Å². The zero-order chi connectivity index (χ0) is 24.0. The minimum absolute atomic E-state index is 0.176. The maximum absolute atomic E-state index is 13.1. The number of halogens is 3. The second-order valence-electron chi connectivity index (χ2n) is 10.9. The first-order valence-electron chi connectivity index (χ1n) is 12.9. The van der Waals surface area contributed by atoms with E-state index in [1.165, 1.54) is 50.7 Å². The van der Waals surface area contributed by atoms with Crippen LogP contribution in [-0.4, -0.2) is 29.1 Å². The van der Waals surface area contributed by atoms with Crippen molar-refractivity contribution in [2.75, 3.05) is 13.1 Å². The largest absolute Gasteiger partial charge is 0.513 e. The van der Waals surface area contributed by atoms with Crippen LogP contribution in [0.2, 0.25) is 0 Å². The Bertz CT molecular complexity index is 737. The van der Waals surface area contributed by atoms with Gasteiger partial charge in [0.1, 0.15) is 0 Å². The molecule has 5 heteroatoms. The van der Waals surface area contributed by atoms with Crippen LogP contribution in [0.3, 0.4) is 0 Å². The highest BCUT2D eigenvalue weighted by Crippen LogP contribution is 2.42. The van der Waals surface area contributed by atoms with E-state index in [4.69, 9.17) is 0 Å². The van der Waals surface area contributed by atoms with Gasteiger partial charge in [-0.25, -0.2) is 0 Å². The third-order valence-corrected chi connectivity index (χ3v) is 7.73. The van der Waals surface area contributed by atoms with Crippen molar-refractivity contribution in [2.24, 2.45) is 17.8 Å². The summed E-state index contributed by atoms with van der Waals surface area (Å²) in [6.45, 7) is 10.3. The van der Waals surface area contributed by atoms with Gasteiger partial charge in [0.25, 0.3) is 0 Å². The summed E-state index contributed by atoms with van der Waals surface area (Å²) >= 11 is 0. The van der Waals surface area contributed by atoms with E-state index in [9.17, 15) is 18.3 Å². The number of aliphatic hydroxyl groups is 1. The fourth-order valence-electron chi connectivity index (χ4n) is 6.16. The first-order chi connectivity index (χ1) is 15.6. The number of hydrogen-bond donors (Lipinski definition) is 1. The molecule has 3 atom stereocenters. The van der Waals surface area contributed by atoms with E-state index in [2.05, 4.69) is 25.3 Å². The lowest BCUT2D eigenvalue weighted by Crippen LogP contribution is -2.45. The van der Waals surface area contributed by atoms with Gasteiger partial charge in [-0.05, 0) is 73.6 Å². The third kappa shape index (κ3) is 7.77. The first-order valence-corrected chi connectivity index (χ1v) is 12.9. The van der Waals surface area contributed by atoms with Crippen molar-refractivity contribution in [3.63, 3.8) is 0 Å². The molecule has 0 aromatic heterocycles. The Hall–Kier alpha value is -1.49. The van der Waals surface area contributed by atoms with Crippen molar-refractivity contribution in [1.82, 2.24) is 4.90 Å². The van der Waals surface area contributed by atoms with Crippen LogP contribution in [0.1, 0.15) is 95.1 Å². The highest BCUT2D eigenvalue weighted by molar-refractivity contribution is 5.29. The lowest BCUT2D eigenvalue weighted by molar-refractivity contribution is -0.137. The molecule has 2 aliphatic carbocycles. The van der Waals surface area contributed by atoms with Gasteiger partial charge >= 0.3 is 6.18 Å². The van der Waals surface area contributed by atoms with Gasteiger partial charge in [0.15, 0.2) is 0 Å². The van der Waals surface area contributed by atoms with E-state index >= 15 is 0 Å². The molecule has 2 nitrogen and oxygen atoms in total. The van der Waals surface area contributed by atoms with Gasteiger partial charge in [0, 0.05) is 19.0 Å². The summed E-state index contributed by atoms with van der Waals surface area (Å²) in [6.07, 6.45) is 7.14. The molecule has 0 aliphatic heterocycles. The van der Waals surface area contributed by atoms with E-state index in [1.54, 1.807) is 12.1 Å². The number of rotatable bonds is 9. The van der Waals surface area contributed by atoms with Gasteiger partial charge in [0.2, 0.25) is 0 Å². The molecule has 2 aliphatic rings. The molecule has 0 unspecified atom stereocenters. The average Bonchev–Trinajstić information content (AvgIpc) is 2.76. The molecular weight excluding hydrogens is 423 g/mol. The lowest BCUT2D eigenvalue weighted by Gasteiger charge is -2.44. The Kier molecular flexibility index (Phi) is 9.32. The molecule has 3 rings (SSSR count). The first kappa shape index (κ1) is 26.1. The van der Waals surface area contributed by atoms with Gasteiger partial charge in [-0.2, -0.15) is 13.2 Å². The fourth-order valence-corrected chi connectivity index (χ4v) is 6.16. The minimum Gasteiger partial charge on any atom is -0.513 e. The Labute approximate surface area is 198 Å². The SMILES string of the molecule is C=C(O)C[C@@H]1CC[C@@H](N(CCC2CCCCC2)CC(C)C)[C@H](c2ccc(C(F)(F)F)cc2)C1. The number of benzene rings is 1. The molecule has 0 heterocycles. The van der Waals surface area contributed by atoms with Gasteiger partial charge in [-0.3, -0.25) is 4.90 Å². The molecule has 0 bridgehead atoms. The molecule has 2 saturated carbocycles. The quantitative estimate of drug-likeness (QED) is 0.370. The molecule has 1 N–H and O–H groups in total. The molecule has 0 radical (unpaired) electrons. The van der Waals surface area contributed by atoms with Crippen LogP contribution >= 0.6 is 0 Å². The van der Waals surface area contributed by atoms with Gasteiger partial charge < -0.3 is 5.11 Å². The summed E-state index contributed by atoms with van der Waals surface area (Å²) in [5.74, 6) is 2.06. The molecule has 33 heavy (non-hydrogen) atoms. The molecule has 0 saturated heterocycles. The van der Waals surface area contributed by atoms with Crippen LogP contribution in [0.4, 0.5) is 13.2 Å². The van der Waals surface area contributed by atoms with E-state index < -0.39 is 11.7 Å². The number of alkyl halides is 3. The molecular formula is C28H42F3NO. The summed E-state index contributed by atoms with van der Waals surface area (Å²) in [5.41, 5.74) is 0.405. The van der Waals surface area contributed by atoms with E-state index in [0.29, 0.717) is 24.3 Å². The second-order valence-corrected chi connectivity index (χ2v) is 10.9. The van der Waals surface area contributed by atoms with Crippen molar-refractivity contribution < 1.29 is 18.3 Å². The number of nitrogens with zero attached hydrogens (tertiary/aromatic N) is 1. The fraction of sp³-hybridized carbons (Fsp3) is 0.714. The molecule has 1 aromatic carbocycles. The zero-order valence-corrected chi connectivity index (χ0v) is 20.4. The monoisotopic (exact) mass is 465 g/mol. The molecule has 0 amide bonds. The van der Waals surface area contributed by atoms with Gasteiger partial charge in [0.05, 0.1) is 11.3 Å². The number of aliphatic hydroxyl groups excluding tert-OH is 1. The summed E-state index contributed by atoms with van der Waals surface area (Å²) in [4.78, 5) is 2.64. The van der Waals surface area contributed by atoms with Crippen molar-refractivity contribution in [3.8, 4) is 0 Å². The van der Waals surface area contributed by atoms with Crippen LogP contribution in [0.15, 0.2) is 36.6 Å². The predicted molar refractivity (Wildman–Crippen MR) is 129 cm³/mol. The Morgan fingerprint density at radius 2 is 1.70 bits per heavy atom. The summed E-state index contributed by atoms with van der Waals surface area (Å²) in [6, 6.07) is 6.17. The number of hydrogen-bond acceptors (Lipinski definition) is 2. The topological polar surface area (TPSA) is 23.5 Å². The van der Waals surface area contributed by atoms with Crippen molar-refractivity contribution >= 4 is 0 Å². The predicted octanol–water partition coefficient (Wildman–Crippen LogP) is 8.35. The molecule has 0 spiro atoms. The normalized spacial score (nSPS) is 25.0. The standard InChI is InChI=1S/C28H42F3NO/c1-20(2)19-32(16-15-22-7-5-4-6-8-22)27-14-9-23(17-21(3)33)18-26(27)24-10-12-25(13-11-24)28(29,30)31/h10-13,20,22-23,26-27,33H,3-9,14-19H2,1-2H3/t23-,26-,27+/m0/s1. The summed E-state index contributed by atoms with van der Waals surface area (Å²) < 4.78 is 39.4. The molecule has 186 valence electrons. The van der Waals surface area contributed by atoms with Crippen molar-refractivity contribution in [2.45, 2.75) is 96.2 Å². The minimum atomic E-state index is -4.31. The number of allylic oxidation sites excluding steroid dienone is 1. The lowest BCUT2D eigenvalue weighted by atomic mass is 9.72. The maximum Gasteiger partial charge on any atom is 0.416 e. The van der Waals surface area contributed by atoms with Crippen LogP contribution in [0.25, 0.3) is 0 Å². The second kappa shape index (κ2) is 11.8. The van der Waals surface area contributed by atoms with Crippen LogP contribution < -0.4 is 0 Å². The summed E-state index contributed by atoms with van der Waals surface area (Å²) in [7, 11) is 0. The van der Waals surface area contributed by atoms with Crippen molar-refractivity contribution in [3.05, 3.63) is 47.7 Å². The van der Waals surface area contributed by atoms with Gasteiger partial charge in [-0.15, -0.1) is 0 Å².